The Bertz CT molecular complexity index is 601. The van der Waals surface area contributed by atoms with Crippen molar-refractivity contribution in [1.29, 1.82) is 0 Å². The summed E-state index contributed by atoms with van der Waals surface area (Å²) in [5, 5.41) is 0. The van der Waals surface area contributed by atoms with Gasteiger partial charge in [0.2, 0.25) is 0 Å². The number of nitrogens with zero attached hydrogens (tertiary/aromatic N) is 1. The summed E-state index contributed by atoms with van der Waals surface area (Å²) in [6.45, 7) is 4.96. The van der Waals surface area contributed by atoms with Gasteiger partial charge in [0.15, 0.2) is 5.79 Å². The second-order valence-electron chi connectivity index (χ2n) is 6.23. The van der Waals surface area contributed by atoms with Gasteiger partial charge in [0.1, 0.15) is 6.10 Å². The van der Waals surface area contributed by atoms with Gasteiger partial charge in [-0.1, -0.05) is 36.4 Å². The molecule has 2 aromatic rings. The van der Waals surface area contributed by atoms with Gasteiger partial charge in [0.05, 0.1) is 19.3 Å². The topological polar surface area (TPSA) is 40.6 Å². The van der Waals surface area contributed by atoms with Gasteiger partial charge in [-0.3, -0.25) is 4.98 Å². The van der Waals surface area contributed by atoms with Crippen LogP contribution in [-0.2, 0) is 27.2 Å². The molecule has 0 bridgehead atoms. The Hall–Kier alpha value is -1.75. The maximum absolute atomic E-state index is 6.16. The Morgan fingerprint density at radius 1 is 1.17 bits per heavy atom. The number of ether oxygens (including phenoxy) is 3. The van der Waals surface area contributed by atoms with Crippen molar-refractivity contribution in [3.8, 4) is 0 Å². The number of aromatic nitrogens is 1. The van der Waals surface area contributed by atoms with E-state index in [9.17, 15) is 0 Å². The SMILES string of the molecule is CC1(C)OC[C@H]([C@@H](Cc2ccccn2)OCc2ccccc2)O1. The molecule has 2 atom stereocenters. The zero-order valence-corrected chi connectivity index (χ0v) is 13.6. The van der Waals surface area contributed by atoms with Crippen molar-refractivity contribution in [1.82, 2.24) is 4.98 Å². The van der Waals surface area contributed by atoms with Gasteiger partial charge < -0.3 is 14.2 Å². The molecule has 2 heterocycles. The highest BCUT2D eigenvalue weighted by atomic mass is 16.7. The van der Waals surface area contributed by atoms with Crippen molar-refractivity contribution in [3.63, 3.8) is 0 Å². The van der Waals surface area contributed by atoms with Crippen LogP contribution in [0, 0.1) is 0 Å². The van der Waals surface area contributed by atoms with Gasteiger partial charge >= 0.3 is 0 Å². The first-order chi connectivity index (χ1) is 11.1. The average Bonchev–Trinajstić information content (AvgIpc) is 2.93. The molecule has 23 heavy (non-hydrogen) atoms. The second-order valence-corrected chi connectivity index (χ2v) is 6.23. The molecule has 0 amide bonds. The predicted octanol–water partition coefficient (Wildman–Crippen LogP) is 3.36. The third-order valence-electron chi connectivity index (χ3n) is 3.89. The average molecular weight is 313 g/mol. The quantitative estimate of drug-likeness (QED) is 0.820. The molecule has 0 unspecified atom stereocenters. The highest BCUT2D eigenvalue weighted by Crippen LogP contribution is 2.27. The molecule has 0 spiro atoms. The van der Waals surface area contributed by atoms with Crippen molar-refractivity contribution in [3.05, 3.63) is 66.0 Å². The minimum absolute atomic E-state index is 0.0873. The van der Waals surface area contributed by atoms with Gasteiger partial charge in [-0.25, -0.2) is 0 Å². The molecule has 122 valence electrons. The summed E-state index contributed by atoms with van der Waals surface area (Å²) in [6, 6.07) is 16.1. The number of hydrogen-bond acceptors (Lipinski definition) is 4. The molecule has 0 aliphatic carbocycles. The molecule has 4 nitrogen and oxygen atoms in total. The van der Waals surface area contributed by atoms with E-state index >= 15 is 0 Å². The third-order valence-corrected chi connectivity index (χ3v) is 3.89. The summed E-state index contributed by atoms with van der Waals surface area (Å²) < 4.78 is 17.9. The van der Waals surface area contributed by atoms with Gasteiger partial charge in [-0.05, 0) is 31.5 Å². The Morgan fingerprint density at radius 3 is 2.61 bits per heavy atom. The fourth-order valence-electron chi connectivity index (χ4n) is 2.70. The minimum atomic E-state index is -0.552. The van der Waals surface area contributed by atoms with E-state index in [4.69, 9.17) is 14.2 Å². The lowest BCUT2D eigenvalue weighted by atomic mass is 10.1. The van der Waals surface area contributed by atoms with E-state index < -0.39 is 5.79 Å². The molecule has 0 radical (unpaired) electrons. The van der Waals surface area contributed by atoms with Crippen molar-refractivity contribution in [2.24, 2.45) is 0 Å². The molecule has 1 aliphatic heterocycles. The second kappa shape index (κ2) is 7.21. The van der Waals surface area contributed by atoms with Gasteiger partial charge in [0.25, 0.3) is 0 Å². The summed E-state index contributed by atoms with van der Waals surface area (Å²) in [5.74, 6) is -0.552. The van der Waals surface area contributed by atoms with Crippen LogP contribution >= 0.6 is 0 Å². The summed E-state index contributed by atoms with van der Waals surface area (Å²) in [6.07, 6.45) is 2.33. The zero-order valence-electron chi connectivity index (χ0n) is 13.6. The van der Waals surface area contributed by atoms with Crippen molar-refractivity contribution in [2.45, 2.75) is 44.9 Å². The van der Waals surface area contributed by atoms with Gasteiger partial charge in [-0.15, -0.1) is 0 Å². The number of pyridine rings is 1. The van der Waals surface area contributed by atoms with Crippen LogP contribution < -0.4 is 0 Å². The molecule has 1 fully saturated rings. The van der Waals surface area contributed by atoms with E-state index in [1.807, 2.05) is 50.2 Å². The van der Waals surface area contributed by atoms with E-state index in [1.54, 1.807) is 6.20 Å². The molecule has 3 rings (SSSR count). The van der Waals surface area contributed by atoms with Crippen LogP contribution in [-0.4, -0.2) is 29.6 Å². The highest BCUT2D eigenvalue weighted by molar-refractivity contribution is 5.13. The van der Waals surface area contributed by atoms with Crippen LogP contribution in [0.25, 0.3) is 0 Å². The summed E-state index contributed by atoms with van der Waals surface area (Å²) in [7, 11) is 0. The van der Waals surface area contributed by atoms with Crippen molar-refractivity contribution >= 4 is 0 Å². The van der Waals surface area contributed by atoms with E-state index in [0.717, 1.165) is 11.3 Å². The first kappa shape index (κ1) is 16.1. The third kappa shape index (κ3) is 4.61. The normalized spacial score (nSPS) is 21.2. The first-order valence-electron chi connectivity index (χ1n) is 8.00. The smallest absolute Gasteiger partial charge is 0.163 e. The van der Waals surface area contributed by atoms with Crippen LogP contribution in [0.3, 0.4) is 0 Å². The van der Waals surface area contributed by atoms with Crippen LogP contribution in [0.15, 0.2) is 54.7 Å². The van der Waals surface area contributed by atoms with Crippen molar-refractivity contribution in [2.75, 3.05) is 6.61 Å². The van der Waals surface area contributed by atoms with Gasteiger partial charge in [0, 0.05) is 18.3 Å². The lowest BCUT2D eigenvalue weighted by Gasteiger charge is -2.24. The fraction of sp³-hybridized carbons (Fsp3) is 0.421. The molecular formula is C19H23NO3. The molecular weight excluding hydrogens is 290 g/mol. The van der Waals surface area contributed by atoms with Crippen LogP contribution in [0.5, 0.6) is 0 Å². The Morgan fingerprint density at radius 2 is 1.96 bits per heavy atom. The Labute approximate surface area is 137 Å². The number of hydrogen-bond donors (Lipinski definition) is 0. The van der Waals surface area contributed by atoms with Gasteiger partial charge in [-0.2, -0.15) is 0 Å². The molecule has 0 N–H and O–H groups in total. The molecule has 1 aromatic carbocycles. The highest BCUT2D eigenvalue weighted by Gasteiger charge is 2.38. The fourth-order valence-corrected chi connectivity index (χ4v) is 2.70. The summed E-state index contributed by atoms with van der Waals surface area (Å²) >= 11 is 0. The number of rotatable bonds is 6. The van der Waals surface area contributed by atoms with Crippen LogP contribution in [0.2, 0.25) is 0 Å². The molecule has 1 saturated heterocycles. The molecule has 1 aliphatic rings. The minimum Gasteiger partial charge on any atom is -0.370 e. The molecule has 1 aromatic heterocycles. The Kier molecular flexibility index (Phi) is 5.06. The van der Waals surface area contributed by atoms with E-state index in [1.165, 1.54) is 0 Å². The maximum atomic E-state index is 6.16. The van der Waals surface area contributed by atoms with Crippen LogP contribution in [0.4, 0.5) is 0 Å². The number of benzene rings is 1. The lowest BCUT2D eigenvalue weighted by Crippen LogP contribution is -2.35. The largest absolute Gasteiger partial charge is 0.370 e. The van der Waals surface area contributed by atoms with E-state index in [2.05, 4.69) is 17.1 Å². The first-order valence-corrected chi connectivity index (χ1v) is 8.00. The van der Waals surface area contributed by atoms with E-state index in [-0.39, 0.29) is 12.2 Å². The molecule has 0 saturated carbocycles. The predicted molar refractivity (Wildman–Crippen MR) is 87.9 cm³/mol. The Balaban J connectivity index is 1.68. The monoisotopic (exact) mass is 313 g/mol. The van der Waals surface area contributed by atoms with Crippen molar-refractivity contribution < 1.29 is 14.2 Å². The molecule has 4 heteroatoms. The van der Waals surface area contributed by atoms with E-state index in [0.29, 0.717) is 19.6 Å². The standard InChI is InChI=1S/C19H23NO3/c1-19(2)22-14-18(23-19)17(12-16-10-6-7-11-20-16)21-13-15-8-4-3-5-9-15/h3-11,17-18H,12-14H2,1-2H3/t17-,18-/m1/s1. The lowest BCUT2D eigenvalue weighted by molar-refractivity contribution is -0.157. The summed E-state index contributed by atoms with van der Waals surface area (Å²) in [4.78, 5) is 4.40. The van der Waals surface area contributed by atoms with Crippen LogP contribution in [0.1, 0.15) is 25.1 Å². The zero-order chi connectivity index (χ0) is 16.1. The summed E-state index contributed by atoms with van der Waals surface area (Å²) in [5.41, 5.74) is 2.15. The maximum Gasteiger partial charge on any atom is 0.163 e.